The van der Waals surface area contributed by atoms with Crippen molar-refractivity contribution in [2.45, 2.75) is 31.6 Å². The van der Waals surface area contributed by atoms with Crippen LogP contribution in [-0.2, 0) is 12.7 Å². The van der Waals surface area contributed by atoms with Crippen molar-refractivity contribution in [3.63, 3.8) is 0 Å². The normalized spacial score (nSPS) is 21.4. The molecule has 18 heavy (non-hydrogen) atoms. The van der Waals surface area contributed by atoms with Crippen molar-refractivity contribution in [1.29, 1.82) is 0 Å². The van der Waals surface area contributed by atoms with Gasteiger partial charge in [0.05, 0.1) is 5.56 Å². The van der Waals surface area contributed by atoms with Crippen LogP contribution >= 0.6 is 0 Å². The molecule has 1 aromatic rings. The highest BCUT2D eigenvalue weighted by Gasteiger charge is 2.31. The number of pyridine rings is 1. The van der Waals surface area contributed by atoms with Gasteiger partial charge in [-0.1, -0.05) is 0 Å². The van der Waals surface area contributed by atoms with E-state index in [9.17, 15) is 18.0 Å². The van der Waals surface area contributed by atoms with Crippen LogP contribution in [0.1, 0.15) is 18.4 Å². The lowest BCUT2D eigenvalue weighted by molar-refractivity contribution is -0.138. The predicted octanol–water partition coefficient (Wildman–Crippen LogP) is 1.96. The van der Waals surface area contributed by atoms with E-state index in [0.29, 0.717) is 6.54 Å². The number of rotatable bonds is 2. The van der Waals surface area contributed by atoms with E-state index in [1.807, 2.05) is 7.05 Å². The number of hydrogen-bond acceptors (Lipinski definition) is 2. The zero-order valence-electron chi connectivity index (χ0n) is 10.1. The van der Waals surface area contributed by atoms with E-state index in [0.717, 1.165) is 42.3 Å². The molecule has 1 aliphatic rings. The SMILES string of the molecule is CN1CCC[C@@H]1Cn1cc(C(F)(F)F)ccc1=O. The zero-order valence-corrected chi connectivity index (χ0v) is 10.1. The highest BCUT2D eigenvalue weighted by molar-refractivity contribution is 5.13. The Kier molecular flexibility index (Phi) is 3.47. The van der Waals surface area contributed by atoms with E-state index in [1.54, 1.807) is 0 Å². The molecule has 0 radical (unpaired) electrons. The summed E-state index contributed by atoms with van der Waals surface area (Å²) in [5, 5.41) is 0. The van der Waals surface area contributed by atoms with Crippen molar-refractivity contribution in [1.82, 2.24) is 9.47 Å². The topological polar surface area (TPSA) is 25.2 Å². The molecular weight excluding hydrogens is 245 g/mol. The Hall–Kier alpha value is -1.30. The van der Waals surface area contributed by atoms with Crippen molar-refractivity contribution in [2.75, 3.05) is 13.6 Å². The van der Waals surface area contributed by atoms with Crippen LogP contribution in [0.3, 0.4) is 0 Å². The Balaban J connectivity index is 2.24. The zero-order chi connectivity index (χ0) is 13.3. The molecule has 6 heteroatoms. The molecule has 0 saturated carbocycles. The number of likely N-dealkylation sites (N-methyl/N-ethyl adjacent to an activating group) is 1. The fourth-order valence-electron chi connectivity index (χ4n) is 2.28. The fraction of sp³-hybridized carbons (Fsp3) is 0.583. The number of alkyl halides is 3. The molecule has 2 heterocycles. The smallest absolute Gasteiger partial charge is 0.313 e. The van der Waals surface area contributed by atoms with Crippen molar-refractivity contribution in [3.8, 4) is 0 Å². The van der Waals surface area contributed by atoms with Crippen molar-refractivity contribution < 1.29 is 13.2 Å². The first-order valence-corrected chi connectivity index (χ1v) is 5.86. The molecule has 0 N–H and O–H groups in total. The molecule has 0 aromatic carbocycles. The minimum Gasteiger partial charge on any atom is -0.313 e. The molecular formula is C12H15F3N2O. The molecule has 1 atom stereocenters. The van der Waals surface area contributed by atoms with E-state index >= 15 is 0 Å². The molecule has 1 aromatic heterocycles. The van der Waals surface area contributed by atoms with Gasteiger partial charge in [-0.05, 0) is 32.5 Å². The lowest BCUT2D eigenvalue weighted by Gasteiger charge is -2.20. The number of likely N-dealkylation sites (tertiary alicyclic amines) is 1. The Morgan fingerprint density at radius 2 is 2.11 bits per heavy atom. The summed E-state index contributed by atoms with van der Waals surface area (Å²) < 4.78 is 38.9. The van der Waals surface area contributed by atoms with Gasteiger partial charge in [0.15, 0.2) is 0 Å². The largest absolute Gasteiger partial charge is 0.417 e. The number of hydrogen-bond donors (Lipinski definition) is 0. The van der Waals surface area contributed by atoms with Gasteiger partial charge in [-0.15, -0.1) is 0 Å². The van der Waals surface area contributed by atoms with Crippen molar-refractivity contribution in [3.05, 3.63) is 34.2 Å². The fourth-order valence-corrected chi connectivity index (χ4v) is 2.28. The second-order valence-electron chi connectivity index (χ2n) is 4.68. The van der Waals surface area contributed by atoms with Crippen LogP contribution in [0.5, 0.6) is 0 Å². The second-order valence-corrected chi connectivity index (χ2v) is 4.68. The van der Waals surface area contributed by atoms with Gasteiger partial charge in [0.25, 0.3) is 5.56 Å². The minimum atomic E-state index is -4.41. The van der Waals surface area contributed by atoms with Crippen molar-refractivity contribution >= 4 is 0 Å². The Labute approximate surface area is 103 Å². The molecule has 0 bridgehead atoms. The summed E-state index contributed by atoms with van der Waals surface area (Å²) in [7, 11) is 1.93. The van der Waals surface area contributed by atoms with E-state index in [2.05, 4.69) is 4.90 Å². The third kappa shape index (κ3) is 2.75. The number of aromatic nitrogens is 1. The van der Waals surface area contributed by atoms with Gasteiger partial charge >= 0.3 is 6.18 Å². The molecule has 0 amide bonds. The van der Waals surface area contributed by atoms with Crippen LogP contribution in [0.2, 0.25) is 0 Å². The second kappa shape index (κ2) is 4.76. The maximum atomic E-state index is 12.6. The van der Waals surface area contributed by atoms with E-state index in [1.165, 1.54) is 0 Å². The predicted molar refractivity (Wildman–Crippen MR) is 61.4 cm³/mol. The summed E-state index contributed by atoms with van der Waals surface area (Å²) in [5.74, 6) is 0. The van der Waals surface area contributed by atoms with Crippen LogP contribution in [0.4, 0.5) is 13.2 Å². The lowest BCUT2D eigenvalue weighted by atomic mass is 10.2. The minimum absolute atomic E-state index is 0.145. The first-order valence-electron chi connectivity index (χ1n) is 5.86. The molecule has 0 spiro atoms. The Morgan fingerprint density at radius 1 is 1.39 bits per heavy atom. The number of nitrogens with zero attached hydrogens (tertiary/aromatic N) is 2. The summed E-state index contributed by atoms with van der Waals surface area (Å²) in [6, 6.07) is 1.96. The van der Waals surface area contributed by atoms with Crippen LogP contribution in [0, 0.1) is 0 Å². The van der Waals surface area contributed by atoms with Gasteiger partial charge < -0.3 is 9.47 Å². The standard InChI is InChI=1S/C12H15F3N2O/c1-16-6-2-3-10(16)8-17-7-9(12(13,14)15)4-5-11(17)18/h4-5,7,10H,2-3,6,8H2,1H3/t10-/m1/s1. The first kappa shape index (κ1) is 13.1. The maximum Gasteiger partial charge on any atom is 0.417 e. The monoisotopic (exact) mass is 260 g/mol. The van der Waals surface area contributed by atoms with Gasteiger partial charge in [0, 0.05) is 24.8 Å². The summed E-state index contributed by atoms with van der Waals surface area (Å²) >= 11 is 0. The average Bonchev–Trinajstić information content (AvgIpc) is 2.66. The highest BCUT2D eigenvalue weighted by Crippen LogP contribution is 2.28. The van der Waals surface area contributed by atoms with Crippen LogP contribution in [0.25, 0.3) is 0 Å². The van der Waals surface area contributed by atoms with Gasteiger partial charge in [-0.25, -0.2) is 0 Å². The molecule has 0 aliphatic carbocycles. The lowest BCUT2D eigenvalue weighted by Crippen LogP contribution is -2.33. The molecule has 1 aliphatic heterocycles. The van der Waals surface area contributed by atoms with Crippen LogP contribution in [0.15, 0.2) is 23.1 Å². The maximum absolute atomic E-state index is 12.6. The summed E-state index contributed by atoms with van der Waals surface area (Å²) in [6.45, 7) is 1.25. The average molecular weight is 260 g/mol. The molecule has 3 nitrogen and oxygen atoms in total. The van der Waals surface area contributed by atoms with Gasteiger partial charge in [0.2, 0.25) is 0 Å². The van der Waals surface area contributed by atoms with Gasteiger partial charge in [-0.3, -0.25) is 4.79 Å². The van der Waals surface area contributed by atoms with E-state index in [-0.39, 0.29) is 11.6 Å². The molecule has 100 valence electrons. The quantitative estimate of drug-likeness (QED) is 0.812. The Bertz CT molecular complexity index is 481. The van der Waals surface area contributed by atoms with E-state index in [4.69, 9.17) is 0 Å². The molecule has 1 saturated heterocycles. The van der Waals surface area contributed by atoms with Crippen molar-refractivity contribution in [2.24, 2.45) is 0 Å². The third-order valence-electron chi connectivity index (χ3n) is 3.39. The summed E-state index contributed by atoms with van der Waals surface area (Å²) in [6.07, 6.45) is -1.56. The van der Waals surface area contributed by atoms with Crippen LogP contribution in [-0.4, -0.2) is 29.1 Å². The van der Waals surface area contributed by atoms with Gasteiger partial charge in [-0.2, -0.15) is 13.2 Å². The molecule has 0 unspecified atom stereocenters. The van der Waals surface area contributed by atoms with Crippen LogP contribution < -0.4 is 5.56 Å². The van der Waals surface area contributed by atoms with E-state index < -0.39 is 11.7 Å². The molecule has 2 rings (SSSR count). The molecule has 1 fully saturated rings. The first-order chi connectivity index (χ1) is 8.38. The highest BCUT2D eigenvalue weighted by atomic mass is 19.4. The summed E-state index contributed by atoms with van der Waals surface area (Å²) in [4.78, 5) is 13.6. The number of halogens is 3. The van der Waals surface area contributed by atoms with Gasteiger partial charge in [0.1, 0.15) is 0 Å². The Morgan fingerprint density at radius 3 is 2.67 bits per heavy atom. The third-order valence-corrected chi connectivity index (χ3v) is 3.39. The summed E-state index contributed by atoms with van der Waals surface area (Å²) in [5.41, 5.74) is -1.16.